The van der Waals surface area contributed by atoms with Crippen LogP contribution in [0.25, 0.3) is 0 Å². The summed E-state index contributed by atoms with van der Waals surface area (Å²) < 4.78 is 0. The van der Waals surface area contributed by atoms with E-state index >= 15 is 0 Å². The molecule has 0 radical (unpaired) electrons. The highest BCUT2D eigenvalue weighted by Gasteiger charge is 2.56. The topological polar surface area (TPSA) is 76.4 Å². The molecule has 1 saturated heterocycles. The number of hydrogen-bond donors (Lipinski definition) is 2. The predicted molar refractivity (Wildman–Crippen MR) is 80.6 cm³/mol. The number of nitrogens with one attached hydrogen (secondary N) is 1. The third kappa shape index (κ3) is 2.24. The summed E-state index contributed by atoms with van der Waals surface area (Å²) in [7, 11) is 0. The summed E-state index contributed by atoms with van der Waals surface area (Å²) in [5.74, 6) is 1.92. The third-order valence-electron chi connectivity index (χ3n) is 6.47. The van der Waals surface area contributed by atoms with E-state index in [1.54, 1.807) is 4.90 Å². The molecule has 5 fully saturated rings. The van der Waals surface area contributed by atoms with E-state index in [2.05, 4.69) is 11.4 Å². The van der Waals surface area contributed by atoms with Gasteiger partial charge in [-0.05, 0) is 62.7 Å². The molecule has 1 amide bonds. The zero-order chi connectivity index (χ0) is 15.3. The van der Waals surface area contributed by atoms with Crippen LogP contribution in [0.5, 0.6) is 0 Å². The largest absolute Gasteiger partial charge is 0.388 e. The van der Waals surface area contributed by atoms with E-state index in [1.165, 1.54) is 19.3 Å². The molecule has 5 heteroatoms. The van der Waals surface area contributed by atoms with E-state index < -0.39 is 5.60 Å². The molecule has 4 aliphatic carbocycles. The molecule has 1 aliphatic heterocycles. The summed E-state index contributed by atoms with van der Waals surface area (Å²) in [5.41, 5.74) is -0.603. The molecular formula is C17H25N3O2. The SMILES string of the molecule is N#C[C@@H]1CCCN1C(=O)CNC1C2CC3CC(C2)CC1(O)C3. The second-order valence-electron chi connectivity index (χ2n) is 7.94. The Bertz CT molecular complexity index is 501. The molecule has 0 aromatic carbocycles. The minimum atomic E-state index is -0.603. The van der Waals surface area contributed by atoms with Crippen molar-refractivity contribution in [3.63, 3.8) is 0 Å². The van der Waals surface area contributed by atoms with Gasteiger partial charge < -0.3 is 15.3 Å². The Morgan fingerprint density at radius 1 is 1.32 bits per heavy atom. The van der Waals surface area contributed by atoms with Gasteiger partial charge in [-0.1, -0.05) is 0 Å². The fourth-order valence-electron chi connectivity index (χ4n) is 5.85. The van der Waals surface area contributed by atoms with Crippen molar-refractivity contribution in [3.05, 3.63) is 0 Å². The van der Waals surface area contributed by atoms with Crippen LogP contribution in [-0.4, -0.2) is 46.7 Å². The first kappa shape index (κ1) is 14.5. The Kier molecular flexibility index (Phi) is 3.43. The fourth-order valence-corrected chi connectivity index (χ4v) is 5.85. The molecule has 3 unspecified atom stereocenters. The summed E-state index contributed by atoms with van der Waals surface area (Å²) in [5, 5.41) is 23.5. The summed E-state index contributed by atoms with van der Waals surface area (Å²) >= 11 is 0. The molecule has 5 nitrogen and oxygen atoms in total. The second-order valence-corrected chi connectivity index (χ2v) is 7.94. The monoisotopic (exact) mass is 303 g/mol. The highest BCUT2D eigenvalue weighted by atomic mass is 16.3. The molecule has 1 heterocycles. The molecule has 4 saturated carbocycles. The van der Waals surface area contributed by atoms with E-state index in [9.17, 15) is 9.90 Å². The average Bonchev–Trinajstić information content (AvgIpc) is 2.93. The number of nitriles is 1. The molecule has 4 atom stereocenters. The fraction of sp³-hybridized carbons (Fsp3) is 0.882. The van der Waals surface area contributed by atoms with Crippen molar-refractivity contribution in [1.82, 2.24) is 10.2 Å². The number of carbonyl (C=O) groups excluding carboxylic acids is 1. The van der Waals surface area contributed by atoms with Gasteiger partial charge in [0.1, 0.15) is 6.04 Å². The summed E-state index contributed by atoms with van der Waals surface area (Å²) in [6.07, 6.45) is 7.21. The van der Waals surface area contributed by atoms with Gasteiger partial charge in [0, 0.05) is 12.6 Å². The van der Waals surface area contributed by atoms with E-state index in [0.717, 1.165) is 25.7 Å². The molecule has 120 valence electrons. The van der Waals surface area contributed by atoms with Gasteiger partial charge in [-0.15, -0.1) is 0 Å². The van der Waals surface area contributed by atoms with Gasteiger partial charge in [0.25, 0.3) is 0 Å². The number of hydrogen-bond acceptors (Lipinski definition) is 4. The molecule has 22 heavy (non-hydrogen) atoms. The summed E-state index contributed by atoms with van der Waals surface area (Å²) in [4.78, 5) is 14.1. The Hall–Kier alpha value is -1.12. The highest BCUT2D eigenvalue weighted by molar-refractivity contribution is 5.79. The third-order valence-corrected chi connectivity index (χ3v) is 6.47. The summed E-state index contributed by atoms with van der Waals surface area (Å²) in [6.45, 7) is 0.957. The number of amides is 1. The van der Waals surface area contributed by atoms with E-state index in [-0.39, 0.29) is 24.5 Å². The zero-order valence-corrected chi connectivity index (χ0v) is 13.0. The maximum atomic E-state index is 12.4. The first-order valence-electron chi connectivity index (χ1n) is 8.74. The Balaban J connectivity index is 1.40. The van der Waals surface area contributed by atoms with Gasteiger partial charge in [0.2, 0.25) is 5.91 Å². The number of carbonyl (C=O) groups is 1. The maximum absolute atomic E-state index is 12.4. The van der Waals surface area contributed by atoms with Gasteiger partial charge >= 0.3 is 0 Å². The van der Waals surface area contributed by atoms with E-state index in [0.29, 0.717) is 24.3 Å². The van der Waals surface area contributed by atoms with Gasteiger partial charge in [0.15, 0.2) is 0 Å². The molecular weight excluding hydrogens is 278 g/mol. The van der Waals surface area contributed by atoms with Crippen molar-refractivity contribution in [3.8, 4) is 6.07 Å². The number of nitrogens with zero attached hydrogens (tertiary/aromatic N) is 2. The molecule has 4 bridgehead atoms. The lowest BCUT2D eigenvalue weighted by Gasteiger charge is -2.59. The van der Waals surface area contributed by atoms with Crippen LogP contribution in [0, 0.1) is 29.1 Å². The molecule has 5 rings (SSSR count). The van der Waals surface area contributed by atoms with Crippen LogP contribution in [-0.2, 0) is 4.79 Å². The van der Waals surface area contributed by atoms with Gasteiger partial charge in [0.05, 0.1) is 18.2 Å². The lowest BCUT2D eigenvalue weighted by Crippen LogP contribution is -2.66. The quantitative estimate of drug-likeness (QED) is 0.816. The molecule has 0 spiro atoms. The first-order chi connectivity index (χ1) is 10.6. The van der Waals surface area contributed by atoms with E-state index in [1.807, 2.05) is 0 Å². The standard InChI is InChI=1S/C17H25N3O2/c18-9-14-2-1-3-20(14)15(21)10-19-16-13-5-11-4-12(6-13)8-17(16,22)7-11/h11-14,16,19,22H,1-8,10H2/t11?,12?,13?,14-,16?,17?/m0/s1. The minimum absolute atomic E-state index is 0.0152. The maximum Gasteiger partial charge on any atom is 0.237 e. The lowest BCUT2D eigenvalue weighted by atomic mass is 9.52. The number of likely N-dealkylation sites (tertiary alicyclic amines) is 1. The normalized spacial score (nSPS) is 46.0. The predicted octanol–water partition coefficient (Wildman–Crippen LogP) is 1.03. The van der Waals surface area contributed by atoms with E-state index in [4.69, 9.17) is 5.26 Å². The van der Waals surface area contributed by atoms with Crippen LogP contribution >= 0.6 is 0 Å². The zero-order valence-electron chi connectivity index (χ0n) is 13.0. The first-order valence-corrected chi connectivity index (χ1v) is 8.74. The lowest BCUT2D eigenvalue weighted by molar-refractivity contribution is -0.152. The van der Waals surface area contributed by atoms with Gasteiger partial charge in [-0.2, -0.15) is 5.26 Å². The molecule has 5 aliphatic rings. The van der Waals surface area contributed by atoms with Crippen LogP contribution in [0.1, 0.15) is 44.9 Å². The van der Waals surface area contributed by atoms with Crippen molar-refractivity contribution in [2.24, 2.45) is 17.8 Å². The molecule has 0 aromatic rings. The Morgan fingerprint density at radius 2 is 2.05 bits per heavy atom. The average molecular weight is 303 g/mol. The molecule has 2 N–H and O–H groups in total. The van der Waals surface area contributed by atoms with Crippen LogP contribution in [0.3, 0.4) is 0 Å². The molecule has 0 aromatic heterocycles. The Labute approximate surface area is 131 Å². The minimum Gasteiger partial charge on any atom is -0.388 e. The van der Waals surface area contributed by atoms with Crippen molar-refractivity contribution in [2.45, 2.75) is 62.6 Å². The van der Waals surface area contributed by atoms with Crippen LogP contribution in [0.4, 0.5) is 0 Å². The van der Waals surface area contributed by atoms with Gasteiger partial charge in [-0.25, -0.2) is 0 Å². The summed E-state index contributed by atoms with van der Waals surface area (Å²) in [6, 6.07) is 2.03. The van der Waals surface area contributed by atoms with Crippen LogP contribution in [0.15, 0.2) is 0 Å². The van der Waals surface area contributed by atoms with Crippen molar-refractivity contribution in [2.75, 3.05) is 13.1 Å². The van der Waals surface area contributed by atoms with Crippen molar-refractivity contribution < 1.29 is 9.90 Å². The van der Waals surface area contributed by atoms with Crippen LogP contribution in [0.2, 0.25) is 0 Å². The number of aliphatic hydroxyl groups is 1. The highest BCUT2D eigenvalue weighted by Crippen LogP contribution is 2.55. The number of rotatable bonds is 3. The second kappa shape index (κ2) is 5.21. The Morgan fingerprint density at radius 3 is 2.68 bits per heavy atom. The smallest absolute Gasteiger partial charge is 0.237 e. The van der Waals surface area contributed by atoms with Crippen molar-refractivity contribution in [1.29, 1.82) is 5.26 Å². The van der Waals surface area contributed by atoms with Crippen LogP contribution < -0.4 is 5.32 Å². The van der Waals surface area contributed by atoms with Crippen molar-refractivity contribution >= 4 is 5.91 Å². The van der Waals surface area contributed by atoms with Gasteiger partial charge in [-0.3, -0.25) is 4.79 Å².